The molecule has 2 aromatic heterocycles. The number of morpholine rings is 1. The van der Waals surface area contributed by atoms with E-state index in [4.69, 9.17) is 32.8 Å². The van der Waals surface area contributed by atoms with Crippen molar-refractivity contribution in [1.29, 1.82) is 0 Å². The second-order valence-electron chi connectivity index (χ2n) is 11.6. The Morgan fingerprint density at radius 3 is 2.68 bits per heavy atom. The third-order valence-corrected chi connectivity index (χ3v) is 7.98. The molecule has 2 aliphatic heterocycles. The van der Waals surface area contributed by atoms with Gasteiger partial charge in [-0.2, -0.15) is 0 Å². The van der Waals surface area contributed by atoms with E-state index >= 15 is 0 Å². The summed E-state index contributed by atoms with van der Waals surface area (Å²) >= 11 is 0. The number of H-pyrrole nitrogens is 1. The van der Waals surface area contributed by atoms with E-state index < -0.39 is 41.8 Å². The van der Waals surface area contributed by atoms with Gasteiger partial charge < -0.3 is 48.0 Å². The van der Waals surface area contributed by atoms with Gasteiger partial charge in [0.05, 0.1) is 36.4 Å². The molecule has 2 saturated heterocycles. The predicted molar refractivity (Wildman–Crippen MR) is 157 cm³/mol. The van der Waals surface area contributed by atoms with E-state index in [2.05, 4.69) is 9.88 Å². The molecule has 3 aromatic rings. The van der Waals surface area contributed by atoms with E-state index in [1.165, 1.54) is 13.2 Å². The molecule has 1 aromatic carbocycles. The van der Waals surface area contributed by atoms with Crippen molar-refractivity contribution in [2.75, 3.05) is 46.6 Å². The van der Waals surface area contributed by atoms with Crippen LogP contribution in [-0.2, 0) is 18.9 Å². The maximum atomic E-state index is 12.9. The van der Waals surface area contributed by atoms with E-state index in [9.17, 15) is 19.8 Å². The van der Waals surface area contributed by atoms with Crippen LogP contribution in [0.5, 0.6) is 11.5 Å². The van der Waals surface area contributed by atoms with Crippen LogP contribution in [0.1, 0.15) is 35.6 Å². The quantitative estimate of drug-likeness (QED) is 0.225. The fourth-order valence-corrected chi connectivity index (χ4v) is 5.68. The van der Waals surface area contributed by atoms with Gasteiger partial charge in [-0.3, -0.25) is 4.90 Å². The van der Waals surface area contributed by atoms with Crippen LogP contribution in [0.25, 0.3) is 11.0 Å². The minimum atomic E-state index is -1.42. The van der Waals surface area contributed by atoms with Crippen molar-refractivity contribution in [3.63, 3.8) is 0 Å². The lowest BCUT2D eigenvalue weighted by Crippen LogP contribution is -2.65. The van der Waals surface area contributed by atoms with Crippen LogP contribution in [0.3, 0.4) is 0 Å². The first kappa shape index (κ1) is 31.9. The topological polar surface area (TPSA) is 162 Å². The van der Waals surface area contributed by atoms with Gasteiger partial charge in [0.15, 0.2) is 12.2 Å². The Bertz CT molecular complexity index is 1520. The lowest BCUT2D eigenvalue weighted by Gasteiger charge is -2.47. The van der Waals surface area contributed by atoms with Crippen molar-refractivity contribution in [3.05, 3.63) is 57.7 Å². The molecule has 0 aliphatic carbocycles. The number of aliphatic hydroxyl groups excluding tert-OH is 2. The van der Waals surface area contributed by atoms with E-state index in [-0.39, 0.29) is 24.0 Å². The van der Waals surface area contributed by atoms with Crippen molar-refractivity contribution in [1.82, 2.24) is 9.88 Å². The van der Waals surface area contributed by atoms with Crippen LogP contribution in [0, 0.1) is 13.8 Å². The highest BCUT2D eigenvalue weighted by Crippen LogP contribution is 2.37. The smallest absolute Gasteiger partial charge is 0.355 e. The average Bonchev–Trinajstić information content (AvgIpc) is 3.43. The Kier molecular flexibility index (Phi) is 9.63. The molecule has 240 valence electrons. The van der Waals surface area contributed by atoms with Gasteiger partial charge >= 0.3 is 11.6 Å². The largest absolute Gasteiger partial charge is 0.491 e. The van der Waals surface area contributed by atoms with Gasteiger partial charge in [-0.1, -0.05) is 0 Å². The molecule has 5 atom stereocenters. The highest BCUT2D eigenvalue weighted by molar-refractivity contribution is 5.88. The SMILES string of the molecule is CO[C@@H]1[C@@H](OC(=O)c2ccc(C)[nH]2)[C@@H](O)[C@H](Oc2ccc3c(OCCN4CCOC(CO)C4)cc(=O)oc3c2C)OC1(C)C. The number of hydrogen-bond acceptors (Lipinski definition) is 12. The summed E-state index contributed by atoms with van der Waals surface area (Å²) in [5.41, 5.74) is 0.163. The second kappa shape index (κ2) is 13.3. The molecule has 5 rings (SSSR count). The zero-order valence-corrected chi connectivity index (χ0v) is 25.5. The number of nitrogens with one attached hydrogen (secondary N) is 1. The summed E-state index contributed by atoms with van der Waals surface area (Å²) in [5.74, 6) is 0.00282. The predicted octanol–water partition coefficient (Wildman–Crippen LogP) is 1.93. The molecule has 2 fully saturated rings. The lowest BCUT2D eigenvalue weighted by atomic mass is 9.89. The summed E-state index contributed by atoms with van der Waals surface area (Å²) in [5, 5.41) is 21.3. The van der Waals surface area contributed by atoms with Crippen LogP contribution in [0.2, 0.25) is 0 Å². The van der Waals surface area contributed by atoms with E-state index in [0.717, 1.165) is 12.2 Å². The minimum Gasteiger partial charge on any atom is -0.491 e. The molecule has 4 heterocycles. The van der Waals surface area contributed by atoms with Crippen LogP contribution in [-0.4, -0.2) is 109 Å². The number of fused-ring (bicyclic) bond motifs is 1. The molecular formula is C31H40N2O11. The number of nitrogens with zero attached hydrogens (tertiary/aromatic N) is 1. The second-order valence-corrected chi connectivity index (χ2v) is 11.6. The van der Waals surface area contributed by atoms with Gasteiger partial charge in [-0.15, -0.1) is 0 Å². The monoisotopic (exact) mass is 616 g/mol. The summed E-state index contributed by atoms with van der Waals surface area (Å²) in [6.45, 7) is 9.74. The summed E-state index contributed by atoms with van der Waals surface area (Å²) < 4.78 is 40.6. The molecule has 13 heteroatoms. The average molecular weight is 617 g/mol. The number of aromatic amines is 1. The van der Waals surface area contributed by atoms with E-state index in [1.807, 2.05) is 6.92 Å². The number of carbonyl (C=O) groups is 1. The number of benzene rings is 1. The normalized spacial score (nSPS) is 25.6. The van der Waals surface area contributed by atoms with Gasteiger partial charge in [-0.05, 0) is 52.0 Å². The number of ether oxygens (including phenoxy) is 6. The number of carbonyl (C=O) groups excluding carboxylic acids is 1. The van der Waals surface area contributed by atoms with Crippen molar-refractivity contribution in [3.8, 4) is 11.5 Å². The Labute approximate surface area is 254 Å². The van der Waals surface area contributed by atoms with Crippen LogP contribution in [0.4, 0.5) is 0 Å². The first-order chi connectivity index (χ1) is 21.0. The lowest BCUT2D eigenvalue weighted by molar-refractivity contribution is -0.305. The third-order valence-electron chi connectivity index (χ3n) is 7.98. The van der Waals surface area contributed by atoms with E-state index in [0.29, 0.717) is 48.8 Å². The Morgan fingerprint density at radius 1 is 1.18 bits per heavy atom. The number of esters is 1. The number of aromatic nitrogens is 1. The van der Waals surface area contributed by atoms with Gasteiger partial charge in [0, 0.05) is 38.0 Å². The summed E-state index contributed by atoms with van der Waals surface area (Å²) in [6.07, 6.45) is -4.83. The van der Waals surface area contributed by atoms with E-state index in [1.54, 1.807) is 45.0 Å². The van der Waals surface area contributed by atoms with Gasteiger partial charge in [0.25, 0.3) is 0 Å². The van der Waals surface area contributed by atoms with Gasteiger partial charge in [-0.25, -0.2) is 9.59 Å². The molecule has 0 spiro atoms. The molecule has 3 N–H and O–H groups in total. The van der Waals surface area contributed by atoms with Gasteiger partial charge in [0.1, 0.15) is 35.5 Å². The highest BCUT2D eigenvalue weighted by atomic mass is 16.7. The summed E-state index contributed by atoms with van der Waals surface area (Å²) in [4.78, 5) is 30.5. The molecule has 0 amide bonds. The molecule has 1 unspecified atom stereocenters. The molecule has 0 radical (unpaired) electrons. The molecule has 44 heavy (non-hydrogen) atoms. The number of methoxy groups -OCH3 is 1. The summed E-state index contributed by atoms with van der Waals surface area (Å²) in [7, 11) is 1.45. The maximum absolute atomic E-state index is 12.9. The Morgan fingerprint density at radius 2 is 1.98 bits per heavy atom. The standard InChI is InChI=1S/C31H40N2O11/c1-17-6-8-21(32-17)29(37)43-27-25(36)30(44-31(3,4)28(27)38-5)41-22-9-7-20-23(14-24(35)42-26(20)18(22)2)40-13-11-33-10-12-39-19(15-33)16-34/h6-9,14,19,25,27-28,30,32,34,36H,10-13,15-16H2,1-5H3/t19?,25-,27+,28-,30-/m1/s1. The van der Waals surface area contributed by atoms with Crippen LogP contribution >= 0.6 is 0 Å². The number of hydrogen-bond donors (Lipinski definition) is 3. The molecule has 0 bridgehead atoms. The number of aryl methyl sites for hydroxylation is 2. The molecule has 0 saturated carbocycles. The van der Waals surface area contributed by atoms with Crippen molar-refractivity contribution in [2.24, 2.45) is 0 Å². The Balaban J connectivity index is 1.34. The van der Waals surface area contributed by atoms with Crippen LogP contribution < -0.4 is 15.1 Å². The van der Waals surface area contributed by atoms with Gasteiger partial charge in [0.2, 0.25) is 6.29 Å². The maximum Gasteiger partial charge on any atom is 0.355 e. The van der Waals surface area contributed by atoms with Crippen LogP contribution in [0.15, 0.2) is 39.5 Å². The number of aliphatic hydroxyl groups is 2. The Hall–Kier alpha value is -3.46. The molecule has 2 aliphatic rings. The third kappa shape index (κ3) is 6.77. The fraction of sp³-hybridized carbons (Fsp3) is 0.548. The summed E-state index contributed by atoms with van der Waals surface area (Å²) in [6, 6.07) is 8.02. The molecule has 13 nitrogen and oxygen atoms in total. The fourth-order valence-electron chi connectivity index (χ4n) is 5.68. The molecular weight excluding hydrogens is 576 g/mol. The van der Waals surface area contributed by atoms with Crippen molar-refractivity contribution >= 4 is 16.9 Å². The minimum absolute atomic E-state index is 0.0439. The highest BCUT2D eigenvalue weighted by Gasteiger charge is 2.53. The zero-order valence-electron chi connectivity index (χ0n) is 25.5. The first-order valence-corrected chi connectivity index (χ1v) is 14.6. The van der Waals surface area contributed by atoms with Crippen molar-refractivity contribution in [2.45, 2.75) is 64.0 Å². The zero-order chi connectivity index (χ0) is 31.6. The first-order valence-electron chi connectivity index (χ1n) is 14.6. The number of rotatable bonds is 10. The van der Waals surface area contributed by atoms with Crippen molar-refractivity contribution < 1.29 is 47.8 Å².